The highest BCUT2D eigenvalue weighted by Gasteiger charge is 2.22. The van der Waals surface area contributed by atoms with Crippen LogP contribution in [0.15, 0.2) is 12.3 Å². The number of carbonyl (C=O) groups is 1. The second-order valence-electron chi connectivity index (χ2n) is 5.52. The zero-order valence-electron chi connectivity index (χ0n) is 10.6. The largest absolute Gasteiger partial charge is 0.547 e. The van der Waals surface area contributed by atoms with Crippen LogP contribution < -0.4 is 0 Å². The Bertz CT molecular complexity index is 222. The van der Waals surface area contributed by atoms with Crippen LogP contribution in [0.5, 0.6) is 0 Å². The average Bonchev–Trinajstić information content (AvgIpc) is 1.73. The van der Waals surface area contributed by atoms with Crippen molar-refractivity contribution < 1.29 is 13.6 Å². The zero-order chi connectivity index (χ0) is 12.3. The lowest BCUT2D eigenvalue weighted by molar-refractivity contribution is -0.134. The van der Waals surface area contributed by atoms with Gasteiger partial charge in [-0.25, -0.2) is 0 Å². The smallest absolute Gasteiger partial charge is 0.300 e. The summed E-state index contributed by atoms with van der Waals surface area (Å²) in [6.07, 6.45) is 0.175. The van der Waals surface area contributed by atoms with Crippen molar-refractivity contribution in [2.45, 2.75) is 45.7 Å². The molecule has 88 valence electrons. The molecule has 3 nitrogen and oxygen atoms in total. The van der Waals surface area contributed by atoms with Crippen molar-refractivity contribution in [2.75, 3.05) is 0 Å². The highest BCUT2D eigenvalue weighted by Crippen LogP contribution is 2.13. The van der Waals surface area contributed by atoms with Crippen LogP contribution in [0.3, 0.4) is 0 Å². The molecule has 0 aromatic heterocycles. The van der Waals surface area contributed by atoms with E-state index in [0.29, 0.717) is 5.76 Å². The van der Waals surface area contributed by atoms with Gasteiger partial charge in [-0.2, -0.15) is 0 Å². The number of carbonyl (C=O) groups excluding carboxylic acids is 1. The standard InChI is InChI=1S/C10H22O3Si2/c1-9(12-14(2,3)4)8-10(11)13-15(5,6)7/h1,8H2,2-7H3. The summed E-state index contributed by atoms with van der Waals surface area (Å²) >= 11 is 0. The van der Waals surface area contributed by atoms with Gasteiger partial charge < -0.3 is 8.85 Å². The second kappa shape index (κ2) is 4.98. The highest BCUT2D eigenvalue weighted by atomic mass is 28.4. The van der Waals surface area contributed by atoms with Crippen LogP contribution in [0.25, 0.3) is 0 Å². The van der Waals surface area contributed by atoms with Gasteiger partial charge in [-0.1, -0.05) is 6.58 Å². The summed E-state index contributed by atoms with van der Waals surface area (Å²) in [5.41, 5.74) is 0. The number of hydrogen-bond acceptors (Lipinski definition) is 3. The fourth-order valence-corrected chi connectivity index (χ4v) is 2.70. The molecule has 0 radical (unpaired) electrons. The lowest BCUT2D eigenvalue weighted by atomic mass is 10.4. The Morgan fingerprint density at radius 2 is 1.40 bits per heavy atom. The molecule has 0 atom stereocenters. The van der Waals surface area contributed by atoms with Crippen molar-refractivity contribution in [3.63, 3.8) is 0 Å². The SMILES string of the molecule is C=C(CC(=O)O[Si](C)(C)C)O[Si](C)(C)C. The third-order valence-electron chi connectivity index (χ3n) is 1.21. The van der Waals surface area contributed by atoms with Crippen molar-refractivity contribution >= 4 is 22.6 Å². The molecule has 0 aliphatic rings. The quantitative estimate of drug-likeness (QED) is 0.552. The topological polar surface area (TPSA) is 35.5 Å². The summed E-state index contributed by atoms with van der Waals surface area (Å²) in [7, 11) is -3.42. The van der Waals surface area contributed by atoms with E-state index in [4.69, 9.17) is 8.85 Å². The molecule has 0 bridgehead atoms. The molecule has 15 heavy (non-hydrogen) atoms. The highest BCUT2D eigenvalue weighted by molar-refractivity contribution is 6.71. The molecular formula is C10H22O3Si2. The first-order chi connectivity index (χ1) is 6.49. The van der Waals surface area contributed by atoms with Gasteiger partial charge in [0.1, 0.15) is 0 Å². The van der Waals surface area contributed by atoms with Gasteiger partial charge in [0.2, 0.25) is 16.6 Å². The predicted molar refractivity (Wildman–Crippen MR) is 67.6 cm³/mol. The van der Waals surface area contributed by atoms with E-state index in [1.807, 2.05) is 19.6 Å². The van der Waals surface area contributed by atoms with E-state index in [9.17, 15) is 4.79 Å². The van der Waals surface area contributed by atoms with E-state index >= 15 is 0 Å². The fraction of sp³-hybridized carbons (Fsp3) is 0.700. The van der Waals surface area contributed by atoms with Crippen LogP contribution in [-0.2, 0) is 13.6 Å². The lowest BCUT2D eigenvalue weighted by Crippen LogP contribution is -2.30. The molecule has 5 heteroatoms. The Morgan fingerprint density at radius 1 is 1.00 bits per heavy atom. The monoisotopic (exact) mass is 246 g/mol. The minimum atomic E-state index is -1.78. The van der Waals surface area contributed by atoms with Crippen molar-refractivity contribution in [2.24, 2.45) is 0 Å². The van der Waals surface area contributed by atoms with Crippen LogP contribution in [0.4, 0.5) is 0 Å². The van der Waals surface area contributed by atoms with Crippen molar-refractivity contribution in [1.29, 1.82) is 0 Å². The molecule has 0 amide bonds. The summed E-state index contributed by atoms with van der Waals surface area (Å²) in [6, 6.07) is 0. The maximum Gasteiger partial charge on any atom is 0.300 e. The molecule has 0 aliphatic heterocycles. The Balaban J connectivity index is 4.04. The van der Waals surface area contributed by atoms with Gasteiger partial charge in [0.05, 0.1) is 12.2 Å². The van der Waals surface area contributed by atoms with E-state index in [1.54, 1.807) is 0 Å². The van der Waals surface area contributed by atoms with E-state index < -0.39 is 16.6 Å². The van der Waals surface area contributed by atoms with Gasteiger partial charge in [0, 0.05) is 0 Å². The Labute approximate surface area is 94.7 Å². The van der Waals surface area contributed by atoms with E-state index in [0.717, 1.165) is 0 Å². The normalized spacial score (nSPS) is 12.1. The molecular weight excluding hydrogens is 224 g/mol. The Hall–Kier alpha value is -0.556. The minimum Gasteiger partial charge on any atom is -0.547 e. The molecule has 0 spiro atoms. The summed E-state index contributed by atoms with van der Waals surface area (Å²) in [4.78, 5) is 11.4. The first-order valence-electron chi connectivity index (χ1n) is 5.08. The minimum absolute atomic E-state index is 0.175. The number of rotatable bonds is 5. The van der Waals surface area contributed by atoms with Crippen molar-refractivity contribution in [1.82, 2.24) is 0 Å². The van der Waals surface area contributed by atoms with E-state index in [1.165, 1.54) is 0 Å². The van der Waals surface area contributed by atoms with Crippen LogP contribution in [0, 0.1) is 0 Å². The predicted octanol–water partition coefficient (Wildman–Crippen LogP) is 3.12. The molecule has 0 aliphatic carbocycles. The molecule has 0 aromatic rings. The summed E-state index contributed by atoms with van der Waals surface area (Å²) in [5.74, 6) is 0.301. The number of hydrogen-bond donors (Lipinski definition) is 0. The summed E-state index contributed by atoms with van der Waals surface area (Å²) < 4.78 is 10.9. The van der Waals surface area contributed by atoms with Crippen LogP contribution in [0.2, 0.25) is 39.3 Å². The Morgan fingerprint density at radius 3 is 1.73 bits per heavy atom. The lowest BCUT2D eigenvalue weighted by Gasteiger charge is -2.22. The van der Waals surface area contributed by atoms with Gasteiger partial charge in [-0.3, -0.25) is 4.79 Å². The van der Waals surface area contributed by atoms with Crippen molar-refractivity contribution in [3.8, 4) is 0 Å². The van der Waals surface area contributed by atoms with Crippen LogP contribution in [-0.4, -0.2) is 22.6 Å². The summed E-state index contributed by atoms with van der Waals surface area (Å²) in [5, 5.41) is 0. The fourth-order valence-electron chi connectivity index (χ4n) is 1.01. The molecule has 0 fully saturated rings. The zero-order valence-corrected chi connectivity index (χ0v) is 12.6. The molecule has 0 rings (SSSR count). The van der Waals surface area contributed by atoms with Crippen LogP contribution >= 0.6 is 0 Å². The first kappa shape index (κ1) is 14.4. The molecule has 0 aromatic carbocycles. The maximum atomic E-state index is 11.4. The van der Waals surface area contributed by atoms with Gasteiger partial charge in [0.15, 0.2) is 0 Å². The van der Waals surface area contributed by atoms with Crippen molar-refractivity contribution in [3.05, 3.63) is 12.3 Å². The average molecular weight is 246 g/mol. The third kappa shape index (κ3) is 9.74. The molecule has 0 unspecified atom stereocenters. The Kier molecular flexibility index (Phi) is 4.80. The second-order valence-corrected chi connectivity index (χ2v) is 14.4. The first-order valence-corrected chi connectivity index (χ1v) is 11.9. The van der Waals surface area contributed by atoms with Gasteiger partial charge in [0.25, 0.3) is 5.97 Å². The third-order valence-corrected chi connectivity index (χ3v) is 2.95. The van der Waals surface area contributed by atoms with Gasteiger partial charge in [-0.05, 0) is 39.3 Å². The van der Waals surface area contributed by atoms with E-state index in [-0.39, 0.29) is 12.4 Å². The van der Waals surface area contributed by atoms with Gasteiger partial charge >= 0.3 is 0 Å². The molecule has 0 saturated carbocycles. The molecule has 0 N–H and O–H groups in total. The molecule has 0 heterocycles. The van der Waals surface area contributed by atoms with Crippen LogP contribution in [0.1, 0.15) is 6.42 Å². The molecule has 0 saturated heterocycles. The summed E-state index contributed by atoms with van der Waals surface area (Å²) in [6.45, 7) is 15.8. The van der Waals surface area contributed by atoms with E-state index in [2.05, 4.69) is 26.2 Å². The maximum absolute atomic E-state index is 11.4. The van der Waals surface area contributed by atoms with Gasteiger partial charge in [-0.15, -0.1) is 0 Å².